The molecule has 2 aromatic rings. The third-order valence-corrected chi connectivity index (χ3v) is 4.46. The standard InChI is InChI=1S/C19H28N4O3/c1-19(2,3)26-12-6-8-23(9-7-12)18-21-14-11-16(25-5)15(24-4)10-13(14)17(20)22-18/h10-12H,6-9H2,1-5H3,(H2,20,21,22). The van der Waals surface area contributed by atoms with Gasteiger partial charge in [0, 0.05) is 24.5 Å². The summed E-state index contributed by atoms with van der Waals surface area (Å²) in [6.45, 7) is 7.97. The molecule has 1 fully saturated rings. The average molecular weight is 360 g/mol. The molecule has 142 valence electrons. The first-order valence-corrected chi connectivity index (χ1v) is 8.92. The van der Waals surface area contributed by atoms with Crippen molar-refractivity contribution in [3.63, 3.8) is 0 Å². The van der Waals surface area contributed by atoms with Gasteiger partial charge in [0.1, 0.15) is 5.82 Å². The Morgan fingerprint density at radius 1 is 1.04 bits per heavy atom. The Kier molecular flexibility index (Phi) is 5.09. The van der Waals surface area contributed by atoms with Crippen LogP contribution in [0.4, 0.5) is 11.8 Å². The van der Waals surface area contributed by atoms with Crippen LogP contribution in [0.25, 0.3) is 10.9 Å². The van der Waals surface area contributed by atoms with Gasteiger partial charge in [-0.05, 0) is 39.7 Å². The maximum atomic E-state index is 6.19. The lowest BCUT2D eigenvalue weighted by Gasteiger charge is -2.35. The highest BCUT2D eigenvalue weighted by molar-refractivity contribution is 5.91. The van der Waals surface area contributed by atoms with Gasteiger partial charge < -0.3 is 24.8 Å². The largest absolute Gasteiger partial charge is 0.493 e. The number of nitrogens with zero attached hydrogens (tertiary/aromatic N) is 3. The summed E-state index contributed by atoms with van der Waals surface area (Å²) >= 11 is 0. The molecule has 0 amide bonds. The summed E-state index contributed by atoms with van der Waals surface area (Å²) in [7, 11) is 3.20. The van der Waals surface area contributed by atoms with Crippen LogP contribution in [-0.4, -0.2) is 49.0 Å². The monoisotopic (exact) mass is 360 g/mol. The molecule has 0 atom stereocenters. The maximum absolute atomic E-state index is 6.19. The predicted molar refractivity (Wildman–Crippen MR) is 103 cm³/mol. The number of nitrogen functional groups attached to an aromatic ring is 1. The summed E-state index contributed by atoms with van der Waals surface area (Å²) in [6, 6.07) is 3.65. The topological polar surface area (TPSA) is 82.7 Å². The van der Waals surface area contributed by atoms with Crippen molar-refractivity contribution < 1.29 is 14.2 Å². The third kappa shape index (κ3) is 3.93. The van der Waals surface area contributed by atoms with Gasteiger partial charge in [0.15, 0.2) is 11.5 Å². The van der Waals surface area contributed by atoms with Gasteiger partial charge >= 0.3 is 0 Å². The molecule has 1 aromatic heterocycles. The molecular formula is C19H28N4O3. The normalized spacial score (nSPS) is 16.1. The summed E-state index contributed by atoms with van der Waals surface area (Å²) < 4.78 is 16.8. The fraction of sp³-hybridized carbons (Fsp3) is 0.579. The summed E-state index contributed by atoms with van der Waals surface area (Å²) in [6.07, 6.45) is 2.17. The molecule has 0 unspecified atom stereocenters. The lowest BCUT2D eigenvalue weighted by atomic mass is 10.1. The van der Waals surface area contributed by atoms with Crippen LogP contribution in [0.3, 0.4) is 0 Å². The van der Waals surface area contributed by atoms with Crippen LogP contribution >= 0.6 is 0 Å². The van der Waals surface area contributed by atoms with Gasteiger partial charge in [0.2, 0.25) is 5.95 Å². The van der Waals surface area contributed by atoms with Crippen LogP contribution in [0.2, 0.25) is 0 Å². The Balaban J connectivity index is 1.83. The number of hydrogen-bond acceptors (Lipinski definition) is 7. The summed E-state index contributed by atoms with van der Waals surface area (Å²) in [4.78, 5) is 11.4. The first kappa shape index (κ1) is 18.5. The minimum Gasteiger partial charge on any atom is -0.493 e. The van der Waals surface area contributed by atoms with Gasteiger partial charge in [0.25, 0.3) is 0 Å². The van der Waals surface area contributed by atoms with Gasteiger partial charge in [0.05, 0.1) is 31.4 Å². The molecule has 1 saturated heterocycles. The highest BCUT2D eigenvalue weighted by Crippen LogP contribution is 2.34. The third-order valence-electron chi connectivity index (χ3n) is 4.46. The highest BCUT2D eigenvalue weighted by Gasteiger charge is 2.26. The molecule has 0 bridgehead atoms. The zero-order valence-electron chi connectivity index (χ0n) is 16.2. The van der Waals surface area contributed by atoms with E-state index in [1.165, 1.54) is 0 Å². The Hall–Kier alpha value is -2.28. The van der Waals surface area contributed by atoms with Gasteiger partial charge in [-0.2, -0.15) is 4.98 Å². The number of nitrogens with two attached hydrogens (primary N) is 1. The number of benzene rings is 1. The molecule has 7 heteroatoms. The van der Waals surface area contributed by atoms with Gasteiger partial charge in [-0.15, -0.1) is 0 Å². The van der Waals surface area contributed by atoms with E-state index in [2.05, 4.69) is 30.7 Å². The molecule has 1 aromatic carbocycles. The fourth-order valence-electron chi connectivity index (χ4n) is 3.28. The van der Waals surface area contributed by atoms with Crippen LogP contribution < -0.4 is 20.1 Å². The molecule has 2 N–H and O–H groups in total. The molecule has 2 heterocycles. The smallest absolute Gasteiger partial charge is 0.227 e. The van der Waals surface area contributed by atoms with E-state index in [1.807, 2.05) is 12.1 Å². The Morgan fingerprint density at radius 3 is 2.23 bits per heavy atom. The van der Waals surface area contributed by atoms with E-state index in [1.54, 1.807) is 14.2 Å². The number of aromatic nitrogens is 2. The minimum absolute atomic E-state index is 0.119. The summed E-state index contributed by atoms with van der Waals surface area (Å²) in [5, 5.41) is 0.761. The Bertz CT molecular complexity index is 780. The zero-order chi connectivity index (χ0) is 18.9. The molecule has 0 aliphatic carbocycles. The van der Waals surface area contributed by atoms with E-state index in [0.717, 1.165) is 36.8 Å². The highest BCUT2D eigenvalue weighted by atomic mass is 16.5. The van der Waals surface area contributed by atoms with Gasteiger partial charge in [-0.1, -0.05) is 0 Å². The van der Waals surface area contributed by atoms with E-state index in [4.69, 9.17) is 24.9 Å². The molecule has 0 radical (unpaired) electrons. The van der Waals surface area contributed by atoms with Crippen molar-refractivity contribution in [1.82, 2.24) is 9.97 Å². The number of rotatable bonds is 4. The first-order chi connectivity index (χ1) is 12.3. The molecular weight excluding hydrogens is 332 g/mol. The number of ether oxygens (including phenoxy) is 3. The SMILES string of the molecule is COc1cc2nc(N3CCC(OC(C)(C)C)CC3)nc(N)c2cc1OC. The van der Waals surface area contributed by atoms with Crippen molar-refractivity contribution in [1.29, 1.82) is 0 Å². The minimum atomic E-state index is -0.119. The van der Waals surface area contributed by atoms with E-state index in [9.17, 15) is 0 Å². The van der Waals surface area contributed by atoms with Crippen LogP contribution in [0.1, 0.15) is 33.6 Å². The fourth-order valence-corrected chi connectivity index (χ4v) is 3.28. The van der Waals surface area contributed by atoms with Crippen LogP contribution in [-0.2, 0) is 4.74 Å². The second-order valence-corrected chi connectivity index (χ2v) is 7.55. The maximum Gasteiger partial charge on any atom is 0.227 e. The first-order valence-electron chi connectivity index (χ1n) is 8.92. The average Bonchev–Trinajstić information content (AvgIpc) is 2.59. The summed E-state index contributed by atoms with van der Waals surface area (Å²) in [5.41, 5.74) is 6.82. The van der Waals surface area contributed by atoms with Crippen molar-refractivity contribution in [2.24, 2.45) is 0 Å². The molecule has 3 rings (SSSR count). The quantitative estimate of drug-likeness (QED) is 0.897. The lowest BCUT2D eigenvalue weighted by Crippen LogP contribution is -2.40. The number of hydrogen-bond donors (Lipinski definition) is 1. The number of anilines is 2. The Labute approximate surface area is 154 Å². The molecule has 0 saturated carbocycles. The molecule has 1 aliphatic rings. The predicted octanol–water partition coefficient (Wildman–Crippen LogP) is 3.01. The van der Waals surface area contributed by atoms with Crippen molar-refractivity contribution in [3.8, 4) is 11.5 Å². The molecule has 1 aliphatic heterocycles. The van der Waals surface area contributed by atoms with E-state index >= 15 is 0 Å². The van der Waals surface area contributed by atoms with E-state index in [-0.39, 0.29) is 11.7 Å². The molecule has 7 nitrogen and oxygen atoms in total. The lowest BCUT2D eigenvalue weighted by molar-refractivity contribution is -0.0683. The number of fused-ring (bicyclic) bond motifs is 1. The number of piperidine rings is 1. The van der Waals surface area contributed by atoms with Gasteiger partial charge in [-0.3, -0.25) is 0 Å². The van der Waals surface area contributed by atoms with Crippen molar-refractivity contribution in [2.75, 3.05) is 37.9 Å². The molecule has 26 heavy (non-hydrogen) atoms. The van der Waals surface area contributed by atoms with Crippen molar-refractivity contribution >= 4 is 22.7 Å². The van der Waals surface area contributed by atoms with E-state index in [0.29, 0.717) is 23.3 Å². The number of methoxy groups -OCH3 is 2. The Morgan fingerprint density at radius 2 is 1.65 bits per heavy atom. The zero-order valence-corrected chi connectivity index (χ0v) is 16.2. The van der Waals surface area contributed by atoms with Crippen LogP contribution in [0, 0.1) is 0 Å². The summed E-state index contributed by atoms with van der Waals surface area (Å²) in [5.74, 6) is 2.33. The second kappa shape index (κ2) is 7.15. The van der Waals surface area contributed by atoms with Crippen molar-refractivity contribution in [2.45, 2.75) is 45.3 Å². The van der Waals surface area contributed by atoms with Gasteiger partial charge in [-0.25, -0.2) is 4.98 Å². The van der Waals surface area contributed by atoms with E-state index < -0.39 is 0 Å². The molecule has 0 spiro atoms. The van der Waals surface area contributed by atoms with Crippen LogP contribution in [0.15, 0.2) is 12.1 Å². The van der Waals surface area contributed by atoms with Crippen LogP contribution in [0.5, 0.6) is 11.5 Å². The van der Waals surface area contributed by atoms with Crippen molar-refractivity contribution in [3.05, 3.63) is 12.1 Å². The second-order valence-electron chi connectivity index (χ2n) is 7.55.